The molecule has 1 heterocycles. The van der Waals surface area contributed by atoms with E-state index in [0.29, 0.717) is 13.0 Å². The Hall–Kier alpha value is -2.28. The summed E-state index contributed by atoms with van der Waals surface area (Å²) in [5.74, 6) is 6.08. The molecule has 0 spiro atoms. The van der Waals surface area contributed by atoms with Crippen molar-refractivity contribution in [2.45, 2.75) is 13.3 Å². The molecule has 1 aromatic carbocycles. The van der Waals surface area contributed by atoms with E-state index in [0.717, 1.165) is 16.5 Å². The van der Waals surface area contributed by atoms with Gasteiger partial charge < -0.3 is 5.32 Å². The molecule has 17 heavy (non-hydrogen) atoms. The lowest BCUT2D eigenvalue weighted by atomic mass is 10.1. The van der Waals surface area contributed by atoms with Crippen molar-refractivity contribution in [1.29, 1.82) is 0 Å². The number of carbonyl (C=O) groups is 1. The van der Waals surface area contributed by atoms with E-state index in [4.69, 9.17) is 0 Å². The largest absolute Gasteiger partial charge is 0.355 e. The maximum absolute atomic E-state index is 10.6. The van der Waals surface area contributed by atoms with Crippen molar-refractivity contribution in [1.82, 2.24) is 15.5 Å². The van der Waals surface area contributed by atoms with E-state index >= 15 is 0 Å². The fourth-order valence-electron chi connectivity index (χ4n) is 1.53. The normalized spacial score (nSPS) is 9.71. The predicted molar refractivity (Wildman–Crippen MR) is 66.3 cm³/mol. The maximum atomic E-state index is 10.6. The minimum atomic E-state index is -0.0255. The lowest BCUT2D eigenvalue weighted by Crippen LogP contribution is -2.20. The number of benzene rings is 1. The molecular formula is C13H13N3O. The van der Waals surface area contributed by atoms with Gasteiger partial charge in [0.2, 0.25) is 5.91 Å². The Balaban J connectivity index is 2.05. The van der Waals surface area contributed by atoms with E-state index in [1.54, 1.807) is 6.20 Å². The van der Waals surface area contributed by atoms with Gasteiger partial charge >= 0.3 is 0 Å². The van der Waals surface area contributed by atoms with Gasteiger partial charge in [-0.3, -0.25) is 9.89 Å². The minimum absolute atomic E-state index is 0.0255. The number of carbonyl (C=O) groups excluding carboxylic acids is 1. The zero-order valence-electron chi connectivity index (χ0n) is 9.58. The van der Waals surface area contributed by atoms with E-state index in [9.17, 15) is 4.79 Å². The summed E-state index contributed by atoms with van der Waals surface area (Å²) in [5, 5.41) is 10.7. The van der Waals surface area contributed by atoms with Crippen molar-refractivity contribution in [2.24, 2.45) is 0 Å². The number of amides is 1. The molecule has 2 rings (SSSR count). The highest BCUT2D eigenvalue weighted by Crippen LogP contribution is 2.14. The van der Waals surface area contributed by atoms with Gasteiger partial charge in [-0.05, 0) is 6.07 Å². The molecule has 4 heteroatoms. The van der Waals surface area contributed by atoms with Gasteiger partial charge in [0.1, 0.15) is 0 Å². The first-order chi connectivity index (χ1) is 8.27. The average Bonchev–Trinajstić information content (AvgIpc) is 2.77. The number of para-hydroxylation sites is 1. The lowest BCUT2D eigenvalue weighted by Gasteiger charge is -1.95. The Labute approximate surface area is 99.4 Å². The molecule has 0 aliphatic heterocycles. The summed E-state index contributed by atoms with van der Waals surface area (Å²) in [7, 11) is 0. The van der Waals surface area contributed by atoms with Crippen molar-refractivity contribution in [3.8, 4) is 11.8 Å². The molecule has 4 nitrogen and oxygen atoms in total. The summed E-state index contributed by atoms with van der Waals surface area (Å²) in [4.78, 5) is 10.6. The number of nitrogens with one attached hydrogen (secondary N) is 2. The molecule has 0 saturated carbocycles. The predicted octanol–water partition coefficient (Wildman–Crippen LogP) is 1.44. The molecule has 0 radical (unpaired) electrons. The lowest BCUT2D eigenvalue weighted by molar-refractivity contribution is -0.118. The highest BCUT2D eigenvalue weighted by Gasteiger charge is 1.98. The highest BCUT2D eigenvalue weighted by molar-refractivity contribution is 5.83. The van der Waals surface area contributed by atoms with Gasteiger partial charge in [-0.25, -0.2) is 0 Å². The van der Waals surface area contributed by atoms with Crippen LogP contribution in [0.3, 0.4) is 0 Å². The van der Waals surface area contributed by atoms with Crippen molar-refractivity contribution < 1.29 is 4.79 Å². The van der Waals surface area contributed by atoms with Crippen molar-refractivity contribution in [2.75, 3.05) is 6.54 Å². The van der Waals surface area contributed by atoms with Gasteiger partial charge in [0.15, 0.2) is 0 Å². The molecule has 0 saturated heterocycles. The molecule has 0 unspecified atom stereocenters. The first-order valence-electron chi connectivity index (χ1n) is 5.43. The summed E-state index contributed by atoms with van der Waals surface area (Å²) in [5.41, 5.74) is 1.89. The van der Waals surface area contributed by atoms with Gasteiger partial charge in [-0.1, -0.05) is 24.0 Å². The topological polar surface area (TPSA) is 57.8 Å². The van der Waals surface area contributed by atoms with Crippen LogP contribution in [0, 0.1) is 11.8 Å². The second-order valence-corrected chi connectivity index (χ2v) is 3.67. The van der Waals surface area contributed by atoms with Crippen LogP contribution in [0.1, 0.15) is 18.9 Å². The fraction of sp³-hybridized carbons (Fsp3) is 0.231. The molecule has 0 atom stereocenters. The van der Waals surface area contributed by atoms with E-state index in [-0.39, 0.29) is 5.91 Å². The molecule has 2 aromatic rings. The van der Waals surface area contributed by atoms with Crippen LogP contribution in [0.25, 0.3) is 10.9 Å². The number of aromatic nitrogens is 2. The first-order valence-corrected chi connectivity index (χ1v) is 5.43. The van der Waals surface area contributed by atoms with Crippen molar-refractivity contribution >= 4 is 16.8 Å². The average molecular weight is 227 g/mol. The highest BCUT2D eigenvalue weighted by atomic mass is 16.1. The van der Waals surface area contributed by atoms with Crippen LogP contribution in [0.5, 0.6) is 0 Å². The summed E-state index contributed by atoms with van der Waals surface area (Å²) in [6, 6.07) is 5.89. The van der Waals surface area contributed by atoms with Gasteiger partial charge in [0.05, 0.1) is 17.3 Å². The van der Waals surface area contributed by atoms with Gasteiger partial charge in [0, 0.05) is 25.3 Å². The zero-order valence-corrected chi connectivity index (χ0v) is 9.58. The molecule has 0 fully saturated rings. The van der Waals surface area contributed by atoms with Gasteiger partial charge in [-0.15, -0.1) is 0 Å². The standard InChI is InChI=1S/C13H13N3O/c1-10(17)14-8-3-2-5-11-6-4-7-12-9-15-16-13(11)12/h4,6-7,9H,3,8H2,1H3,(H,14,17)(H,15,16). The number of aromatic amines is 1. The fourth-order valence-corrected chi connectivity index (χ4v) is 1.53. The molecular weight excluding hydrogens is 214 g/mol. The third kappa shape index (κ3) is 2.85. The Morgan fingerprint density at radius 1 is 1.53 bits per heavy atom. The third-order valence-electron chi connectivity index (χ3n) is 2.32. The Morgan fingerprint density at radius 2 is 2.41 bits per heavy atom. The smallest absolute Gasteiger partial charge is 0.216 e. The molecule has 1 aromatic heterocycles. The molecule has 0 aliphatic carbocycles. The summed E-state index contributed by atoms with van der Waals surface area (Å²) in [6.45, 7) is 2.08. The number of hydrogen-bond acceptors (Lipinski definition) is 2. The van der Waals surface area contributed by atoms with E-state index in [1.807, 2.05) is 18.2 Å². The first kappa shape index (κ1) is 11.2. The minimum Gasteiger partial charge on any atom is -0.355 e. The van der Waals surface area contributed by atoms with Crippen LogP contribution in [0.2, 0.25) is 0 Å². The van der Waals surface area contributed by atoms with E-state index in [1.165, 1.54) is 6.92 Å². The number of H-pyrrole nitrogens is 1. The second kappa shape index (κ2) is 5.17. The van der Waals surface area contributed by atoms with E-state index < -0.39 is 0 Å². The second-order valence-electron chi connectivity index (χ2n) is 3.67. The molecule has 86 valence electrons. The summed E-state index contributed by atoms with van der Waals surface area (Å²) < 4.78 is 0. The van der Waals surface area contributed by atoms with Crippen LogP contribution < -0.4 is 5.32 Å². The number of nitrogens with zero attached hydrogens (tertiary/aromatic N) is 1. The van der Waals surface area contributed by atoms with Crippen LogP contribution >= 0.6 is 0 Å². The van der Waals surface area contributed by atoms with Gasteiger partial charge in [-0.2, -0.15) is 5.10 Å². The number of fused-ring (bicyclic) bond motifs is 1. The van der Waals surface area contributed by atoms with Crippen molar-refractivity contribution in [3.05, 3.63) is 30.0 Å². The number of rotatable bonds is 2. The monoisotopic (exact) mass is 227 g/mol. The van der Waals surface area contributed by atoms with Gasteiger partial charge in [0.25, 0.3) is 0 Å². The molecule has 0 aliphatic rings. The SMILES string of the molecule is CC(=O)NCCC#Cc1cccc2cn[nH]c12. The van der Waals surface area contributed by atoms with Crippen LogP contribution in [0.15, 0.2) is 24.4 Å². The third-order valence-corrected chi connectivity index (χ3v) is 2.32. The Bertz CT molecular complexity index is 589. The maximum Gasteiger partial charge on any atom is 0.216 e. The van der Waals surface area contributed by atoms with Crippen LogP contribution in [-0.2, 0) is 4.79 Å². The Morgan fingerprint density at radius 3 is 3.24 bits per heavy atom. The molecule has 0 bridgehead atoms. The number of hydrogen-bond donors (Lipinski definition) is 2. The van der Waals surface area contributed by atoms with Crippen molar-refractivity contribution in [3.63, 3.8) is 0 Å². The summed E-state index contributed by atoms with van der Waals surface area (Å²) >= 11 is 0. The molecule has 1 amide bonds. The summed E-state index contributed by atoms with van der Waals surface area (Å²) in [6.07, 6.45) is 2.42. The Kier molecular flexibility index (Phi) is 3.41. The zero-order chi connectivity index (χ0) is 12.1. The molecule has 2 N–H and O–H groups in total. The van der Waals surface area contributed by atoms with Crippen LogP contribution in [0.4, 0.5) is 0 Å². The van der Waals surface area contributed by atoms with Crippen LogP contribution in [-0.4, -0.2) is 22.6 Å². The van der Waals surface area contributed by atoms with E-state index in [2.05, 4.69) is 27.4 Å². The quantitative estimate of drug-likeness (QED) is 0.602.